The van der Waals surface area contributed by atoms with Crippen LogP contribution in [0.3, 0.4) is 0 Å². The van der Waals surface area contributed by atoms with Crippen molar-refractivity contribution in [2.75, 3.05) is 4.90 Å². The SMILES string of the molecule is O=C1NC(=O)N(c2ccc(F)cc2)C(=O)/C1=C/c1cc(Cl)cc(I)c1O. The summed E-state index contributed by atoms with van der Waals surface area (Å²) in [6, 6.07) is 6.58. The first-order valence-corrected chi connectivity index (χ1v) is 8.58. The number of carbonyl (C=O) groups excluding carboxylic acids is 3. The number of phenols is 1. The quantitative estimate of drug-likeness (QED) is 0.387. The number of halogens is 3. The number of phenolic OH excluding ortho intramolecular Hbond substituents is 1. The van der Waals surface area contributed by atoms with Crippen LogP contribution in [0.1, 0.15) is 5.56 Å². The zero-order chi connectivity index (χ0) is 19.0. The molecule has 3 rings (SSSR count). The number of imide groups is 2. The largest absolute Gasteiger partial charge is 0.506 e. The maximum atomic E-state index is 13.1. The van der Waals surface area contributed by atoms with Crippen molar-refractivity contribution in [1.82, 2.24) is 5.32 Å². The van der Waals surface area contributed by atoms with Gasteiger partial charge in [-0.15, -0.1) is 0 Å². The normalized spacial score (nSPS) is 16.2. The second-order valence-corrected chi connectivity index (χ2v) is 6.86. The van der Waals surface area contributed by atoms with E-state index in [0.29, 0.717) is 13.5 Å². The number of anilines is 1. The van der Waals surface area contributed by atoms with Crippen LogP contribution in [0.25, 0.3) is 6.08 Å². The van der Waals surface area contributed by atoms with E-state index in [4.69, 9.17) is 11.6 Å². The van der Waals surface area contributed by atoms with Crippen molar-refractivity contribution in [2.45, 2.75) is 0 Å². The highest BCUT2D eigenvalue weighted by Gasteiger charge is 2.37. The topological polar surface area (TPSA) is 86.7 Å². The first-order chi connectivity index (χ1) is 12.3. The van der Waals surface area contributed by atoms with Crippen LogP contribution >= 0.6 is 34.2 Å². The molecule has 0 aromatic heterocycles. The van der Waals surface area contributed by atoms with Crippen LogP contribution in [0, 0.1) is 9.39 Å². The van der Waals surface area contributed by atoms with Gasteiger partial charge in [-0.3, -0.25) is 14.9 Å². The fourth-order valence-electron chi connectivity index (χ4n) is 2.33. The molecule has 6 nitrogen and oxygen atoms in total. The van der Waals surface area contributed by atoms with Crippen LogP contribution in [0.2, 0.25) is 5.02 Å². The molecule has 1 saturated heterocycles. The van der Waals surface area contributed by atoms with Crippen LogP contribution in [-0.2, 0) is 9.59 Å². The number of rotatable bonds is 2. The minimum absolute atomic E-state index is 0.0946. The summed E-state index contributed by atoms with van der Waals surface area (Å²) < 4.78 is 13.5. The lowest BCUT2D eigenvalue weighted by Gasteiger charge is -2.26. The number of hydrogen-bond acceptors (Lipinski definition) is 4. The molecule has 2 N–H and O–H groups in total. The molecule has 2 aromatic carbocycles. The highest BCUT2D eigenvalue weighted by molar-refractivity contribution is 14.1. The third-order valence-corrected chi connectivity index (χ3v) is 4.58. The molecule has 0 saturated carbocycles. The fraction of sp³-hybridized carbons (Fsp3) is 0. The first kappa shape index (κ1) is 18.3. The number of aromatic hydroxyl groups is 1. The molecule has 1 aliphatic heterocycles. The lowest BCUT2D eigenvalue weighted by molar-refractivity contribution is -0.122. The van der Waals surface area contributed by atoms with Crippen molar-refractivity contribution < 1.29 is 23.9 Å². The average Bonchev–Trinajstić information content (AvgIpc) is 2.57. The van der Waals surface area contributed by atoms with Gasteiger partial charge >= 0.3 is 6.03 Å². The van der Waals surface area contributed by atoms with E-state index in [2.05, 4.69) is 0 Å². The molecule has 0 aliphatic carbocycles. The van der Waals surface area contributed by atoms with Gasteiger partial charge in [-0.25, -0.2) is 14.1 Å². The molecule has 26 heavy (non-hydrogen) atoms. The fourth-order valence-corrected chi connectivity index (χ4v) is 3.39. The number of amides is 4. The predicted molar refractivity (Wildman–Crippen MR) is 101 cm³/mol. The second kappa shape index (κ2) is 7.04. The second-order valence-electron chi connectivity index (χ2n) is 5.26. The number of hydrogen-bond donors (Lipinski definition) is 2. The zero-order valence-corrected chi connectivity index (χ0v) is 15.7. The number of carbonyl (C=O) groups is 3. The maximum absolute atomic E-state index is 13.1. The third kappa shape index (κ3) is 3.42. The summed E-state index contributed by atoms with van der Waals surface area (Å²) >= 11 is 7.80. The Morgan fingerprint density at radius 1 is 1.15 bits per heavy atom. The molecule has 1 fully saturated rings. The lowest BCUT2D eigenvalue weighted by atomic mass is 10.1. The summed E-state index contributed by atoms with van der Waals surface area (Å²) in [7, 11) is 0. The van der Waals surface area contributed by atoms with E-state index in [1.54, 1.807) is 0 Å². The van der Waals surface area contributed by atoms with E-state index >= 15 is 0 Å². The van der Waals surface area contributed by atoms with Crippen LogP contribution in [0.4, 0.5) is 14.9 Å². The lowest BCUT2D eigenvalue weighted by Crippen LogP contribution is -2.54. The van der Waals surface area contributed by atoms with Gasteiger partial charge in [0.05, 0.1) is 9.26 Å². The summed E-state index contributed by atoms with van der Waals surface area (Å²) in [4.78, 5) is 37.6. The molecular weight excluding hydrogens is 478 g/mol. The Bertz CT molecular complexity index is 975. The standard InChI is InChI=1S/C17H9ClFIN2O4/c18-9-5-8(14(23)13(20)7-9)6-12-15(24)21-17(26)22(16(12)25)11-3-1-10(19)2-4-11/h1-7,23H,(H,21,24,26)/b12-6+. The molecular formula is C17H9ClFIN2O4. The van der Waals surface area contributed by atoms with Crippen molar-refractivity contribution in [3.8, 4) is 5.75 Å². The maximum Gasteiger partial charge on any atom is 0.335 e. The summed E-state index contributed by atoms with van der Waals surface area (Å²) in [6.45, 7) is 0. The smallest absolute Gasteiger partial charge is 0.335 e. The highest BCUT2D eigenvalue weighted by Crippen LogP contribution is 2.31. The van der Waals surface area contributed by atoms with Crippen molar-refractivity contribution in [2.24, 2.45) is 0 Å². The Morgan fingerprint density at radius 2 is 1.81 bits per heavy atom. The molecule has 2 aromatic rings. The predicted octanol–water partition coefficient (Wildman–Crippen LogP) is 3.46. The molecule has 0 unspecified atom stereocenters. The summed E-state index contributed by atoms with van der Waals surface area (Å²) in [6.07, 6.45) is 1.14. The third-order valence-electron chi connectivity index (χ3n) is 3.54. The molecule has 132 valence electrons. The Hall–Kier alpha value is -2.46. The van der Waals surface area contributed by atoms with Crippen LogP contribution in [0.15, 0.2) is 42.0 Å². The molecule has 0 radical (unpaired) electrons. The van der Waals surface area contributed by atoms with Gasteiger partial charge < -0.3 is 5.11 Å². The van der Waals surface area contributed by atoms with Gasteiger partial charge in [0, 0.05) is 10.6 Å². The minimum Gasteiger partial charge on any atom is -0.506 e. The Balaban J connectivity index is 2.07. The van der Waals surface area contributed by atoms with Crippen LogP contribution in [-0.4, -0.2) is 23.0 Å². The molecule has 0 bridgehead atoms. The van der Waals surface area contributed by atoms with Gasteiger partial charge in [0.1, 0.15) is 17.1 Å². The van der Waals surface area contributed by atoms with Gasteiger partial charge in [0.2, 0.25) is 0 Å². The van der Waals surface area contributed by atoms with Crippen molar-refractivity contribution in [1.29, 1.82) is 0 Å². The molecule has 1 heterocycles. The van der Waals surface area contributed by atoms with E-state index in [1.807, 2.05) is 27.9 Å². The van der Waals surface area contributed by atoms with Crippen molar-refractivity contribution >= 4 is 63.8 Å². The highest BCUT2D eigenvalue weighted by atomic mass is 127. The van der Waals surface area contributed by atoms with Crippen LogP contribution < -0.4 is 10.2 Å². The van der Waals surface area contributed by atoms with E-state index in [-0.39, 0.29) is 22.6 Å². The molecule has 0 atom stereocenters. The molecule has 4 amide bonds. The summed E-state index contributed by atoms with van der Waals surface area (Å²) in [5, 5.41) is 12.5. The Morgan fingerprint density at radius 3 is 2.46 bits per heavy atom. The average molecular weight is 487 g/mol. The summed E-state index contributed by atoms with van der Waals surface area (Å²) in [5.41, 5.74) is -0.131. The number of nitrogens with one attached hydrogen (secondary N) is 1. The number of barbiturate groups is 1. The number of nitrogens with zero attached hydrogens (tertiary/aromatic N) is 1. The number of urea groups is 1. The van der Waals surface area contributed by atoms with Crippen molar-refractivity contribution in [3.05, 3.63) is 61.9 Å². The molecule has 0 spiro atoms. The molecule has 9 heteroatoms. The zero-order valence-electron chi connectivity index (χ0n) is 12.8. The monoisotopic (exact) mass is 486 g/mol. The Kier molecular flexibility index (Phi) is 4.97. The Labute approximate surface area is 165 Å². The minimum atomic E-state index is -0.950. The van der Waals surface area contributed by atoms with Gasteiger partial charge in [0.25, 0.3) is 11.8 Å². The van der Waals surface area contributed by atoms with E-state index in [0.717, 1.165) is 18.2 Å². The molecule has 1 aliphatic rings. The van der Waals surface area contributed by atoms with Gasteiger partial charge in [-0.1, -0.05) is 11.6 Å². The van der Waals surface area contributed by atoms with Crippen LogP contribution in [0.5, 0.6) is 5.75 Å². The first-order valence-electron chi connectivity index (χ1n) is 7.13. The van der Waals surface area contributed by atoms with Crippen molar-refractivity contribution in [3.63, 3.8) is 0 Å². The van der Waals surface area contributed by atoms with E-state index in [1.165, 1.54) is 24.3 Å². The van der Waals surface area contributed by atoms with E-state index in [9.17, 15) is 23.9 Å². The van der Waals surface area contributed by atoms with E-state index < -0.39 is 23.7 Å². The van der Waals surface area contributed by atoms with Gasteiger partial charge in [0.15, 0.2) is 0 Å². The summed E-state index contributed by atoms with van der Waals surface area (Å²) in [5.74, 6) is -2.51. The van der Waals surface area contributed by atoms with Gasteiger partial charge in [-0.2, -0.15) is 0 Å². The van der Waals surface area contributed by atoms with Gasteiger partial charge in [-0.05, 0) is 65.1 Å². The number of benzene rings is 2.